The number of rotatable bonds is 1. The van der Waals surface area contributed by atoms with Crippen molar-refractivity contribution in [3.63, 3.8) is 0 Å². The topological polar surface area (TPSA) is 37.3 Å². The van der Waals surface area contributed by atoms with Crippen LogP contribution < -0.4 is 5.32 Å². The summed E-state index contributed by atoms with van der Waals surface area (Å²) in [5, 5.41) is 3.39. The van der Waals surface area contributed by atoms with Gasteiger partial charge >= 0.3 is 0 Å². The van der Waals surface area contributed by atoms with Crippen molar-refractivity contribution in [3.8, 4) is 0 Å². The van der Waals surface area contributed by atoms with Gasteiger partial charge in [0.05, 0.1) is 18.2 Å². The van der Waals surface area contributed by atoms with Gasteiger partial charge in [0.25, 0.3) is 0 Å². The summed E-state index contributed by atoms with van der Waals surface area (Å²) in [4.78, 5) is 9.17. The minimum absolute atomic E-state index is 0.423. The zero-order valence-electron chi connectivity index (χ0n) is 9.66. The number of aryl methyl sites for hydroxylation is 2. The van der Waals surface area contributed by atoms with Crippen LogP contribution >= 0.6 is 0 Å². The first-order chi connectivity index (χ1) is 7.84. The Morgan fingerprint density at radius 1 is 1.44 bits per heavy atom. The van der Waals surface area contributed by atoms with Gasteiger partial charge in [-0.3, -0.25) is 9.98 Å². The summed E-state index contributed by atoms with van der Waals surface area (Å²) in [6, 6.07) is 2.28. The minimum atomic E-state index is 0.423. The molecule has 0 saturated heterocycles. The number of aliphatic imine (C=N–C) groups is 1. The lowest BCUT2D eigenvalue weighted by molar-refractivity contribution is 0.623. The smallest absolute Gasteiger partial charge is 0.106 e. The Bertz CT molecular complexity index is 437. The van der Waals surface area contributed by atoms with Crippen molar-refractivity contribution in [2.24, 2.45) is 4.99 Å². The molecule has 3 nitrogen and oxygen atoms in total. The predicted octanol–water partition coefficient (Wildman–Crippen LogP) is 1.81. The molecule has 1 atom stereocenters. The van der Waals surface area contributed by atoms with E-state index < -0.39 is 0 Å². The SMILES string of the molecule is Cc1cnc2c(c1)CCC[C@@H]2C1=NCCN1. The molecule has 84 valence electrons. The van der Waals surface area contributed by atoms with E-state index in [1.807, 2.05) is 6.20 Å². The maximum atomic E-state index is 4.62. The standard InChI is InChI=1S/C13H17N3/c1-9-7-10-3-2-4-11(12(10)16-8-9)13-14-5-6-15-13/h7-8,11H,2-6H2,1H3,(H,14,15)/t11-/m0/s1. The van der Waals surface area contributed by atoms with Gasteiger partial charge in [0.1, 0.15) is 5.84 Å². The molecule has 0 radical (unpaired) electrons. The fourth-order valence-electron chi connectivity index (χ4n) is 2.70. The highest BCUT2D eigenvalue weighted by Gasteiger charge is 2.27. The monoisotopic (exact) mass is 215 g/mol. The first-order valence-corrected chi connectivity index (χ1v) is 6.08. The van der Waals surface area contributed by atoms with E-state index in [2.05, 4.69) is 28.3 Å². The molecule has 1 N–H and O–H groups in total. The number of hydrogen-bond donors (Lipinski definition) is 1. The number of fused-ring (bicyclic) bond motifs is 1. The number of pyridine rings is 1. The Kier molecular flexibility index (Phi) is 2.39. The van der Waals surface area contributed by atoms with Gasteiger partial charge in [0.2, 0.25) is 0 Å². The fraction of sp³-hybridized carbons (Fsp3) is 0.538. The molecular formula is C13H17N3. The van der Waals surface area contributed by atoms with Crippen molar-refractivity contribution in [2.75, 3.05) is 13.1 Å². The summed E-state index contributed by atoms with van der Waals surface area (Å²) < 4.78 is 0. The second-order valence-electron chi connectivity index (χ2n) is 4.70. The van der Waals surface area contributed by atoms with E-state index in [1.54, 1.807) is 0 Å². The number of hydrogen-bond acceptors (Lipinski definition) is 3. The van der Waals surface area contributed by atoms with E-state index in [9.17, 15) is 0 Å². The molecule has 0 spiro atoms. The van der Waals surface area contributed by atoms with Crippen LogP contribution in [-0.2, 0) is 6.42 Å². The van der Waals surface area contributed by atoms with E-state index in [-0.39, 0.29) is 0 Å². The van der Waals surface area contributed by atoms with Gasteiger partial charge in [-0.15, -0.1) is 0 Å². The van der Waals surface area contributed by atoms with Gasteiger partial charge in [-0.2, -0.15) is 0 Å². The van der Waals surface area contributed by atoms with Gasteiger partial charge in [-0.1, -0.05) is 6.07 Å². The Morgan fingerprint density at radius 3 is 3.19 bits per heavy atom. The summed E-state index contributed by atoms with van der Waals surface area (Å²) in [6.45, 7) is 4.03. The van der Waals surface area contributed by atoms with Crippen LogP contribution in [0.2, 0.25) is 0 Å². The Morgan fingerprint density at radius 2 is 2.38 bits per heavy atom. The summed E-state index contributed by atoms with van der Waals surface area (Å²) in [7, 11) is 0. The van der Waals surface area contributed by atoms with Crippen LogP contribution in [-0.4, -0.2) is 23.9 Å². The normalized spacial score (nSPS) is 23.6. The molecule has 16 heavy (non-hydrogen) atoms. The first kappa shape index (κ1) is 9.82. The average Bonchev–Trinajstić information content (AvgIpc) is 2.81. The van der Waals surface area contributed by atoms with E-state index in [4.69, 9.17) is 0 Å². The summed E-state index contributed by atoms with van der Waals surface area (Å²) in [5.74, 6) is 1.59. The van der Waals surface area contributed by atoms with E-state index >= 15 is 0 Å². The van der Waals surface area contributed by atoms with Gasteiger partial charge in [0, 0.05) is 12.7 Å². The van der Waals surface area contributed by atoms with Gasteiger partial charge in [-0.05, 0) is 37.3 Å². The third-order valence-corrected chi connectivity index (χ3v) is 3.44. The predicted molar refractivity (Wildman–Crippen MR) is 65.0 cm³/mol. The largest absolute Gasteiger partial charge is 0.371 e. The zero-order valence-corrected chi connectivity index (χ0v) is 9.66. The van der Waals surface area contributed by atoms with Crippen LogP contribution in [0, 0.1) is 6.92 Å². The third-order valence-electron chi connectivity index (χ3n) is 3.44. The molecule has 1 aliphatic heterocycles. The lowest BCUT2D eigenvalue weighted by Crippen LogP contribution is -2.29. The molecule has 0 saturated carbocycles. The quantitative estimate of drug-likeness (QED) is 0.775. The lowest BCUT2D eigenvalue weighted by Gasteiger charge is -2.24. The molecule has 3 rings (SSSR count). The first-order valence-electron chi connectivity index (χ1n) is 6.08. The van der Waals surface area contributed by atoms with Crippen molar-refractivity contribution in [1.29, 1.82) is 0 Å². The summed E-state index contributed by atoms with van der Waals surface area (Å²) >= 11 is 0. The molecular weight excluding hydrogens is 198 g/mol. The molecule has 3 heteroatoms. The van der Waals surface area contributed by atoms with E-state index in [1.165, 1.54) is 36.1 Å². The minimum Gasteiger partial charge on any atom is -0.371 e. The fourth-order valence-corrected chi connectivity index (χ4v) is 2.70. The van der Waals surface area contributed by atoms with Crippen LogP contribution in [0.3, 0.4) is 0 Å². The zero-order chi connectivity index (χ0) is 11.0. The van der Waals surface area contributed by atoms with E-state index in [0.29, 0.717) is 5.92 Å². The van der Waals surface area contributed by atoms with Crippen molar-refractivity contribution in [2.45, 2.75) is 32.1 Å². The summed E-state index contributed by atoms with van der Waals surface area (Å²) in [5.41, 5.74) is 3.94. The van der Waals surface area contributed by atoms with Crippen molar-refractivity contribution in [3.05, 3.63) is 29.1 Å². The summed E-state index contributed by atoms with van der Waals surface area (Å²) in [6.07, 6.45) is 5.60. The molecule has 0 amide bonds. The van der Waals surface area contributed by atoms with E-state index in [0.717, 1.165) is 18.9 Å². The molecule has 0 unspecified atom stereocenters. The van der Waals surface area contributed by atoms with Crippen LogP contribution in [0.5, 0.6) is 0 Å². The molecule has 1 aromatic heterocycles. The van der Waals surface area contributed by atoms with Crippen LogP contribution in [0.15, 0.2) is 17.3 Å². The van der Waals surface area contributed by atoms with Crippen molar-refractivity contribution < 1.29 is 0 Å². The average molecular weight is 215 g/mol. The van der Waals surface area contributed by atoms with Gasteiger partial charge in [-0.25, -0.2) is 0 Å². The number of nitrogens with one attached hydrogen (secondary N) is 1. The maximum absolute atomic E-state index is 4.62. The molecule has 2 aliphatic rings. The number of aromatic nitrogens is 1. The highest BCUT2D eigenvalue weighted by molar-refractivity contribution is 5.90. The van der Waals surface area contributed by atoms with Gasteiger partial charge in [0.15, 0.2) is 0 Å². The van der Waals surface area contributed by atoms with Gasteiger partial charge < -0.3 is 5.32 Å². The number of amidine groups is 1. The maximum Gasteiger partial charge on any atom is 0.106 e. The molecule has 1 aliphatic carbocycles. The van der Waals surface area contributed by atoms with Crippen LogP contribution in [0.4, 0.5) is 0 Å². The molecule has 2 heterocycles. The molecule has 0 fully saturated rings. The highest BCUT2D eigenvalue weighted by atomic mass is 15.1. The Hall–Kier alpha value is -1.38. The molecule has 1 aromatic rings. The number of nitrogens with zero attached hydrogens (tertiary/aromatic N) is 2. The Balaban J connectivity index is 1.99. The van der Waals surface area contributed by atoms with Crippen molar-refractivity contribution >= 4 is 5.84 Å². The van der Waals surface area contributed by atoms with Crippen molar-refractivity contribution in [1.82, 2.24) is 10.3 Å². The van der Waals surface area contributed by atoms with Crippen LogP contribution in [0.25, 0.3) is 0 Å². The second-order valence-corrected chi connectivity index (χ2v) is 4.70. The molecule has 0 aromatic carbocycles. The molecule has 0 bridgehead atoms. The second kappa shape index (κ2) is 3.89. The third kappa shape index (κ3) is 1.60. The highest BCUT2D eigenvalue weighted by Crippen LogP contribution is 2.31. The lowest BCUT2D eigenvalue weighted by atomic mass is 9.85. The Labute approximate surface area is 96.0 Å². The van der Waals surface area contributed by atoms with Crippen LogP contribution in [0.1, 0.15) is 35.6 Å².